The number of amides is 1. The second-order valence-corrected chi connectivity index (χ2v) is 9.67. The third-order valence-electron chi connectivity index (χ3n) is 5.91. The number of sulfonamides is 1. The molecule has 2 atom stereocenters. The number of allylic oxidation sites excluding steroid dienone is 1. The molecule has 0 bridgehead atoms. The van der Waals surface area contributed by atoms with Crippen molar-refractivity contribution in [2.75, 3.05) is 11.4 Å². The number of nitrogens with zero attached hydrogens (tertiary/aromatic N) is 1. The Morgan fingerprint density at radius 2 is 1.72 bits per heavy atom. The molecule has 3 aromatic carbocycles. The highest BCUT2D eigenvalue weighted by Crippen LogP contribution is 2.46. The van der Waals surface area contributed by atoms with Crippen LogP contribution < -0.4 is 9.04 Å². The fraction of sp³-hybridized carbons (Fsp3) is 0.192. The molecule has 0 radical (unpaired) electrons. The van der Waals surface area contributed by atoms with Gasteiger partial charge in [0.1, 0.15) is 5.75 Å². The maximum Gasteiger partial charge on any atom is 0.270 e. The van der Waals surface area contributed by atoms with E-state index in [4.69, 9.17) is 4.74 Å². The molecule has 4 rings (SSSR count). The van der Waals surface area contributed by atoms with Crippen molar-refractivity contribution in [2.45, 2.75) is 30.1 Å². The van der Waals surface area contributed by atoms with Crippen LogP contribution in [0.5, 0.6) is 5.75 Å². The lowest BCUT2D eigenvalue weighted by molar-refractivity contribution is -0.117. The van der Waals surface area contributed by atoms with Crippen molar-refractivity contribution in [1.29, 1.82) is 0 Å². The van der Waals surface area contributed by atoms with Crippen molar-refractivity contribution in [1.82, 2.24) is 0 Å². The summed E-state index contributed by atoms with van der Waals surface area (Å²) in [5.74, 6) is -0.422. The molecular weight excluding hydrogens is 422 g/mol. The predicted molar refractivity (Wildman–Crippen MR) is 126 cm³/mol. The number of hydrogen-bond donors (Lipinski definition) is 0. The van der Waals surface area contributed by atoms with E-state index in [2.05, 4.69) is 6.58 Å². The predicted octanol–water partition coefficient (Wildman–Crippen LogP) is 5.18. The number of fused-ring (bicyclic) bond motifs is 1. The molecule has 0 fully saturated rings. The molecule has 0 spiro atoms. The van der Waals surface area contributed by atoms with E-state index in [1.807, 2.05) is 37.3 Å². The molecular formula is C26H25NO4S. The van der Waals surface area contributed by atoms with Gasteiger partial charge >= 0.3 is 0 Å². The zero-order valence-corrected chi connectivity index (χ0v) is 18.9. The average Bonchev–Trinajstić information content (AvgIpc) is 2.93. The van der Waals surface area contributed by atoms with Crippen molar-refractivity contribution in [3.8, 4) is 5.75 Å². The number of ether oxygens (including phenoxy) is 1. The molecule has 1 heterocycles. The van der Waals surface area contributed by atoms with Crippen LogP contribution in [0.25, 0.3) is 0 Å². The van der Waals surface area contributed by atoms with Gasteiger partial charge in [-0.2, -0.15) is 0 Å². The van der Waals surface area contributed by atoms with Crippen molar-refractivity contribution < 1.29 is 17.9 Å². The molecule has 1 aliphatic heterocycles. The van der Waals surface area contributed by atoms with Gasteiger partial charge in [0.15, 0.2) is 0 Å². The summed E-state index contributed by atoms with van der Waals surface area (Å²) in [5, 5.41) is 0. The zero-order valence-electron chi connectivity index (χ0n) is 18.1. The lowest BCUT2D eigenvalue weighted by Gasteiger charge is -2.24. The van der Waals surface area contributed by atoms with Gasteiger partial charge in [0, 0.05) is 18.3 Å². The molecule has 5 nitrogen and oxygen atoms in total. The standard InChI is InChI=1S/C26H25NO4S/c1-4-22-23(19-8-6-5-7-9-19)17-26(28)27(25-15-12-20(31-3)16-24(22)25)32(29,30)21-13-10-18(2)11-14-21/h4-16,22-23H,1,17H2,2-3H3/t22?,23-/m1/s1. The van der Waals surface area contributed by atoms with Gasteiger partial charge in [-0.25, -0.2) is 12.7 Å². The Balaban J connectivity index is 1.94. The fourth-order valence-electron chi connectivity index (χ4n) is 4.26. The van der Waals surface area contributed by atoms with Gasteiger partial charge in [-0.3, -0.25) is 4.79 Å². The molecule has 6 heteroatoms. The number of methoxy groups -OCH3 is 1. The number of hydrogen-bond acceptors (Lipinski definition) is 4. The van der Waals surface area contributed by atoms with E-state index >= 15 is 0 Å². The van der Waals surface area contributed by atoms with Crippen LogP contribution in [0.15, 0.2) is 90.3 Å². The van der Waals surface area contributed by atoms with Crippen molar-refractivity contribution in [3.63, 3.8) is 0 Å². The van der Waals surface area contributed by atoms with Crippen LogP contribution in [0, 0.1) is 6.92 Å². The summed E-state index contributed by atoms with van der Waals surface area (Å²) in [6.45, 7) is 5.90. The number of carbonyl (C=O) groups excluding carboxylic acids is 1. The molecule has 0 aromatic heterocycles. The first-order chi connectivity index (χ1) is 15.4. The smallest absolute Gasteiger partial charge is 0.270 e. The normalized spacial score (nSPS) is 18.6. The average molecular weight is 448 g/mol. The Bertz CT molecular complexity index is 1250. The van der Waals surface area contributed by atoms with E-state index in [0.717, 1.165) is 15.4 Å². The van der Waals surface area contributed by atoms with E-state index in [9.17, 15) is 13.2 Å². The molecule has 3 aromatic rings. The monoisotopic (exact) mass is 447 g/mol. The van der Waals surface area contributed by atoms with Gasteiger partial charge in [0.2, 0.25) is 5.91 Å². The van der Waals surface area contributed by atoms with E-state index in [1.165, 1.54) is 12.1 Å². The second kappa shape index (κ2) is 8.63. The minimum atomic E-state index is -4.11. The molecule has 1 amide bonds. The van der Waals surface area contributed by atoms with Crippen molar-refractivity contribution in [2.24, 2.45) is 0 Å². The van der Waals surface area contributed by atoms with Gasteiger partial charge < -0.3 is 4.74 Å². The van der Waals surface area contributed by atoms with Crippen LogP contribution in [0.3, 0.4) is 0 Å². The van der Waals surface area contributed by atoms with E-state index in [1.54, 1.807) is 43.5 Å². The number of carbonyl (C=O) groups is 1. The van der Waals surface area contributed by atoms with Crippen LogP contribution >= 0.6 is 0 Å². The molecule has 0 aliphatic carbocycles. The number of aryl methyl sites for hydroxylation is 1. The van der Waals surface area contributed by atoms with Gasteiger partial charge in [0.05, 0.1) is 17.7 Å². The summed E-state index contributed by atoms with van der Waals surface area (Å²) in [6, 6.07) is 21.3. The topological polar surface area (TPSA) is 63.7 Å². The van der Waals surface area contributed by atoms with Gasteiger partial charge in [0.25, 0.3) is 10.0 Å². The minimum absolute atomic E-state index is 0.0305. The highest BCUT2D eigenvalue weighted by atomic mass is 32.2. The number of anilines is 1. The maximum atomic E-state index is 13.7. The van der Waals surface area contributed by atoms with Crippen LogP contribution in [0.4, 0.5) is 5.69 Å². The first-order valence-corrected chi connectivity index (χ1v) is 11.8. The summed E-state index contributed by atoms with van der Waals surface area (Å²) in [5.41, 5.74) is 2.91. The van der Waals surface area contributed by atoms with Gasteiger partial charge in [-0.1, -0.05) is 54.1 Å². The van der Waals surface area contributed by atoms with Gasteiger partial charge in [-0.05, 0) is 48.4 Å². The lowest BCUT2D eigenvalue weighted by atomic mass is 9.80. The van der Waals surface area contributed by atoms with E-state index in [0.29, 0.717) is 17.0 Å². The highest BCUT2D eigenvalue weighted by Gasteiger charge is 2.40. The molecule has 164 valence electrons. The summed E-state index contributed by atoms with van der Waals surface area (Å²) in [7, 11) is -2.56. The van der Waals surface area contributed by atoms with E-state index < -0.39 is 15.9 Å². The second-order valence-electron chi connectivity index (χ2n) is 7.88. The first-order valence-electron chi connectivity index (χ1n) is 10.4. The Morgan fingerprint density at radius 3 is 2.34 bits per heavy atom. The Morgan fingerprint density at radius 1 is 1.03 bits per heavy atom. The summed E-state index contributed by atoms with van der Waals surface area (Å²) in [4.78, 5) is 13.6. The van der Waals surface area contributed by atoms with Crippen LogP contribution in [-0.4, -0.2) is 21.4 Å². The maximum absolute atomic E-state index is 13.7. The van der Waals surface area contributed by atoms with Crippen LogP contribution in [0.1, 0.15) is 34.9 Å². The molecule has 0 saturated heterocycles. The molecule has 1 aliphatic rings. The summed E-state index contributed by atoms with van der Waals surface area (Å²) >= 11 is 0. The Hall–Kier alpha value is -3.38. The Kier molecular flexibility index (Phi) is 5.89. The van der Waals surface area contributed by atoms with Crippen LogP contribution in [-0.2, 0) is 14.8 Å². The van der Waals surface area contributed by atoms with Gasteiger partial charge in [-0.15, -0.1) is 6.58 Å². The lowest BCUT2D eigenvalue weighted by Crippen LogP contribution is -2.37. The van der Waals surface area contributed by atoms with Crippen molar-refractivity contribution >= 4 is 21.6 Å². The SMILES string of the molecule is C=CC1c2cc(OC)ccc2N(S(=O)(=O)c2ccc(C)cc2)C(=O)C[C@@H]1c1ccccc1. The largest absolute Gasteiger partial charge is 0.497 e. The summed E-state index contributed by atoms with van der Waals surface area (Å²) in [6.07, 6.45) is 1.81. The Labute approximate surface area is 189 Å². The molecule has 0 N–H and O–H groups in total. The minimum Gasteiger partial charge on any atom is -0.497 e. The molecule has 1 unspecified atom stereocenters. The third-order valence-corrected chi connectivity index (χ3v) is 7.66. The van der Waals surface area contributed by atoms with Crippen molar-refractivity contribution in [3.05, 3.63) is 102 Å². The number of benzene rings is 3. The number of rotatable bonds is 5. The first kappa shape index (κ1) is 21.8. The van der Waals surface area contributed by atoms with Crippen LogP contribution in [0.2, 0.25) is 0 Å². The highest BCUT2D eigenvalue weighted by molar-refractivity contribution is 7.93. The molecule has 32 heavy (non-hydrogen) atoms. The summed E-state index contributed by atoms with van der Waals surface area (Å²) < 4.78 is 33.7. The third kappa shape index (κ3) is 3.82. The molecule has 0 saturated carbocycles. The quantitative estimate of drug-likeness (QED) is 0.506. The van der Waals surface area contributed by atoms with E-state index in [-0.39, 0.29) is 23.2 Å². The zero-order chi connectivity index (χ0) is 22.9. The fourth-order valence-corrected chi connectivity index (χ4v) is 5.72.